The van der Waals surface area contributed by atoms with Crippen molar-refractivity contribution in [1.82, 2.24) is 4.90 Å². The van der Waals surface area contributed by atoms with Gasteiger partial charge >= 0.3 is 0 Å². The summed E-state index contributed by atoms with van der Waals surface area (Å²) in [4.78, 5) is 26.9. The lowest BCUT2D eigenvalue weighted by Crippen LogP contribution is -2.42. The molecule has 2 amide bonds. The summed E-state index contributed by atoms with van der Waals surface area (Å²) in [6, 6.07) is 10.8. The first-order valence-corrected chi connectivity index (χ1v) is 12.1. The van der Waals surface area contributed by atoms with Crippen molar-refractivity contribution in [2.45, 2.75) is 18.9 Å². The number of nitrogens with zero attached hydrogens (tertiary/aromatic N) is 1. The summed E-state index contributed by atoms with van der Waals surface area (Å²) in [5.74, 6) is -0.575. The first kappa shape index (κ1) is 23.1. The Balaban J connectivity index is 1.64. The number of sulfonamides is 1. The van der Waals surface area contributed by atoms with Gasteiger partial charge in [-0.15, -0.1) is 0 Å². The molecule has 1 saturated heterocycles. The Hall–Kier alpha value is -2.55. The summed E-state index contributed by atoms with van der Waals surface area (Å²) in [6.45, 7) is 0.481. The number of hydrogen-bond acceptors (Lipinski definition) is 4. The van der Waals surface area contributed by atoms with E-state index in [1.165, 1.54) is 11.0 Å². The van der Waals surface area contributed by atoms with Gasteiger partial charge in [0.25, 0.3) is 0 Å². The van der Waals surface area contributed by atoms with Crippen molar-refractivity contribution in [1.29, 1.82) is 0 Å². The average Bonchev–Trinajstić information content (AvgIpc) is 3.15. The molecule has 0 saturated carbocycles. The minimum absolute atomic E-state index is 0.278. The van der Waals surface area contributed by atoms with Crippen LogP contribution in [0.25, 0.3) is 6.08 Å². The van der Waals surface area contributed by atoms with Gasteiger partial charge in [0.2, 0.25) is 21.8 Å². The second kappa shape index (κ2) is 9.72. The number of benzene rings is 2. The average molecular weight is 482 g/mol. The van der Waals surface area contributed by atoms with Gasteiger partial charge in [-0.25, -0.2) is 8.42 Å². The smallest absolute Gasteiger partial charge is 0.247 e. The highest BCUT2D eigenvalue weighted by atomic mass is 35.5. The predicted octanol–water partition coefficient (Wildman–Crippen LogP) is 4.01. The number of carbonyl (C=O) groups excluding carboxylic acids is 2. The monoisotopic (exact) mass is 481 g/mol. The molecule has 1 heterocycles. The maximum Gasteiger partial charge on any atom is 0.247 e. The molecule has 0 aromatic heterocycles. The van der Waals surface area contributed by atoms with Crippen molar-refractivity contribution < 1.29 is 18.0 Å². The van der Waals surface area contributed by atoms with Crippen LogP contribution in [-0.2, 0) is 19.6 Å². The summed E-state index contributed by atoms with van der Waals surface area (Å²) in [5, 5.41) is 3.58. The van der Waals surface area contributed by atoms with Gasteiger partial charge in [0, 0.05) is 34.0 Å². The van der Waals surface area contributed by atoms with Crippen LogP contribution in [0.5, 0.6) is 0 Å². The molecule has 0 spiro atoms. The van der Waals surface area contributed by atoms with E-state index in [0.29, 0.717) is 34.4 Å². The largest absolute Gasteiger partial charge is 0.327 e. The Morgan fingerprint density at radius 3 is 2.32 bits per heavy atom. The first-order chi connectivity index (χ1) is 14.6. The topological polar surface area (TPSA) is 95.6 Å². The van der Waals surface area contributed by atoms with E-state index in [1.54, 1.807) is 48.5 Å². The predicted molar refractivity (Wildman–Crippen MR) is 124 cm³/mol. The Bertz CT molecular complexity index is 1100. The lowest BCUT2D eigenvalue weighted by molar-refractivity contribution is -0.132. The molecule has 1 unspecified atom stereocenters. The zero-order chi connectivity index (χ0) is 22.6. The van der Waals surface area contributed by atoms with E-state index in [0.717, 1.165) is 18.2 Å². The van der Waals surface area contributed by atoms with Crippen molar-refractivity contribution in [2.75, 3.05) is 22.8 Å². The Morgan fingerprint density at radius 1 is 1.06 bits per heavy atom. The Morgan fingerprint density at radius 2 is 1.71 bits per heavy atom. The van der Waals surface area contributed by atoms with Crippen LogP contribution in [0.2, 0.25) is 10.0 Å². The number of halogens is 2. The summed E-state index contributed by atoms with van der Waals surface area (Å²) in [6.07, 6.45) is 5.38. The van der Waals surface area contributed by atoms with Gasteiger partial charge in [-0.05, 0) is 54.8 Å². The fourth-order valence-corrected chi connectivity index (χ4v) is 4.38. The van der Waals surface area contributed by atoms with Gasteiger partial charge in [-0.3, -0.25) is 14.3 Å². The third-order valence-corrected chi connectivity index (χ3v) is 5.64. The van der Waals surface area contributed by atoms with Crippen molar-refractivity contribution in [3.8, 4) is 0 Å². The fraction of sp³-hybridized carbons (Fsp3) is 0.238. The zero-order valence-corrected chi connectivity index (χ0v) is 19.0. The molecule has 0 bridgehead atoms. The lowest BCUT2D eigenvalue weighted by Gasteiger charge is -2.22. The molecule has 1 atom stereocenters. The maximum absolute atomic E-state index is 12.7. The molecule has 31 heavy (non-hydrogen) atoms. The van der Waals surface area contributed by atoms with Crippen LogP contribution in [0.15, 0.2) is 48.5 Å². The summed E-state index contributed by atoms with van der Waals surface area (Å²) in [7, 11) is -3.35. The standard InChI is InChI=1S/C21H21Cl2N3O4S/c1-31(29,30)25-17-7-4-14(5-8-17)6-9-20(27)26-10-2-3-19(26)21(28)24-18-12-15(22)11-16(23)13-18/h4-9,11-13,19,25H,2-3,10H2,1H3,(H,24,28)/b9-6+. The highest BCUT2D eigenvalue weighted by Gasteiger charge is 2.33. The molecule has 2 aromatic carbocycles. The van der Waals surface area contributed by atoms with Crippen LogP contribution >= 0.6 is 23.2 Å². The molecular formula is C21H21Cl2N3O4S. The van der Waals surface area contributed by atoms with Gasteiger partial charge in [0.15, 0.2) is 0 Å². The maximum atomic E-state index is 12.7. The van der Waals surface area contributed by atoms with Gasteiger partial charge in [0.05, 0.1) is 6.26 Å². The highest BCUT2D eigenvalue weighted by Crippen LogP contribution is 2.25. The number of anilines is 2. The van der Waals surface area contributed by atoms with E-state index in [1.807, 2.05) is 0 Å². The van der Waals surface area contributed by atoms with Gasteiger partial charge in [-0.2, -0.15) is 0 Å². The molecule has 10 heteroatoms. The van der Waals surface area contributed by atoms with Crippen LogP contribution in [0.4, 0.5) is 11.4 Å². The van der Waals surface area contributed by atoms with E-state index in [9.17, 15) is 18.0 Å². The molecule has 1 fully saturated rings. The van der Waals surface area contributed by atoms with Crippen LogP contribution in [-0.4, -0.2) is 44.0 Å². The quantitative estimate of drug-likeness (QED) is 0.609. The summed E-state index contributed by atoms with van der Waals surface area (Å²) >= 11 is 11.9. The van der Waals surface area contributed by atoms with Crippen LogP contribution in [0, 0.1) is 0 Å². The summed E-state index contributed by atoms with van der Waals surface area (Å²) in [5.41, 5.74) is 1.63. The van der Waals surface area contributed by atoms with Crippen LogP contribution in [0.1, 0.15) is 18.4 Å². The summed E-state index contributed by atoms with van der Waals surface area (Å²) < 4.78 is 24.9. The number of hydrogen-bond donors (Lipinski definition) is 2. The van der Waals surface area contributed by atoms with Crippen molar-refractivity contribution in [2.24, 2.45) is 0 Å². The van der Waals surface area contributed by atoms with Crippen molar-refractivity contribution >= 4 is 62.5 Å². The van der Waals surface area contributed by atoms with Gasteiger partial charge in [0.1, 0.15) is 6.04 Å². The lowest BCUT2D eigenvalue weighted by atomic mass is 10.1. The van der Waals surface area contributed by atoms with E-state index >= 15 is 0 Å². The number of amides is 2. The van der Waals surface area contributed by atoms with Gasteiger partial charge in [-0.1, -0.05) is 35.3 Å². The Kier molecular flexibility index (Phi) is 7.25. The molecule has 2 N–H and O–H groups in total. The second-order valence-electron chi connectivity index (χ2n) is 7.17. The number of rotatable bonds is 6. The number of nitrogens with one attached hydrogen (secondary N) is 2. The fourth-order valence-electron chi connectivity index (χ4n) is 3.29. The molecule has 2 aromatic rings. The molecule has 0 aliphatic carbocycles. The molecule has 164 valence electrons. The van der Waals surface area contributed by atoms with Crippen LogP contribution in [0.3, 0.4) is 0 Å². The minimum Gasteiger partial charge on any atom is -0.327 e. The van der Waals surface area contributed by atoms with E-state index in [-0.39, 0.29) is 11.8 Å². The third-order valence-electron chi connectivity index (χ3n) is 4.60. The van der Waals surface area contributed by atoms with E-state index < -0.39 is 16.1 Å². The molecule has 0 radical (unpaired) electrons. The van der Waals surface area contributed by atoms with Crippen LogP contribution < -0.4 is 10.0 Å². The molecule has 7 nitrogen and oxygen atoms in total. The van der Waals surface area contributed by atoms with E-state index in [2.05, 4.69) is 10.0 Å². The Labute approximate surface area is 191 Å². The number of likely N-dealkylation sites (tertiary alicyclic amines) is 1. The highest BCUT2D eigenvalue weighted by molar-refractivity contribution is 7.92. The van der Waals surface area contributed by atoms with Gasteiger partial charge < -0.3 is 10.2 Å². The van der Waals surface area contributed by atoms with Crippen molar-refractivity contribution in [3.05, 3.63) is 64.1 Å². The SMILES string of the molecule is CS(=O)(=O)Nc1ccc(/C=C/C(=O)N2CCCC2C(=O)Nc2cc(Cl)cc(Cl)c2)cc1. The normalized spacial score (nSPS) is 16.5. The van der Waals surface area contributed by atoms with Crippen molar-refractivity contribution in [3.63, 3.8) is 0 Å². The molecule has 1 aliphatic rings. The first-order valence-electron chi connectivity index (χ1n) is 9.44. The molecular weight excluding hydrogens is 461 g/mol. The molecule has 1 aliphatic heterocycles. The molecule has 3 rings (SSSR count). The second-order valence-corrected chi connectivity index (χ2v) is 9.79. The number of carbonyl (C=O) groups is 2. The third kappa shape index (κ3) is 6.72. The zero-order valence-electron chi connectivity index (χ0n) is 16.6. The minimum atomic E-state index is -3.35. The van der Waals surface area contributed by atoms with E-state index in [4.69, 9.17) is 23.2 Å².